The number of rotatable bonds is 4. The molecule has 2 aliphatic rings. The zero-order chi connectivity index (χ0) is 11.6. The van der Waals surface area contributed by atoms with Crippen LogP contribution in [0.4, 0.5) is 0 Å². The normalized spacial score (nSPS) is 30.1. The highest BCUT2D eigenvalue weighted by Gasteiger charge is 2.36. The molecule has 0 bridgehead atoms. The zero-order valence-electron chi connectivity index (χ0n) is 10.6. The molecule has 1 saturated carbocycles. The second-order valence-electron chi connectivity index (χ2n) is 5.80. The van der Waals surface area contributed by atoms with Crippen LogP contribution in [0.3, 0.4) is 0 Å². The summed E-state index contributed by atoms with van der Waals surface area (Å²) in [5.41, 5.74) is -0.156. The van der Waals surface area contributed by atoms with Crippen molar-refractivity contribution >= 4 is 5.91 Å². The summed E-state index contributed by atoms with van der Waals surface area (Å²) in [5, 5.41) is 3.34. The Morgan fingerprint density at radius 3 is 2.81 bits per heavy atom. The number of hydrogen-bond donors (Lipinski definition) is 1. The van der Waals surface area contributed by atoms with E-state index in [1.165, 1.54) is 19.3 Å². The van der Waals surface area contributed by atoms with Crippen LogP contribution < -0.4 is 5.32 Å². The van der Waals surface area contributed by atoms with Gasteiger partial charge in [-0.3, -0.25) is 4.79 Å². The fourth-order valence-corrected chi connectivity index (χ4v) is 2.58. The Bertz CT molecular complexity index is 255. The van der Waals surface area contributed by atoms with Gasteiger partial charge in [-0.15, -0.1) is 0 Å². The molecule has 3 nitrogen and oxygen atoms in total. The van der Waals surface area contributed by atoms with Gasteiger partial charge in [-0.1, -0.05) is 12.8 Å². The summed E-state index contributed by atoms with van der Waals surface area (Å²) >= 11 is 0. The van der Waals surface area contributed by atoms with Crippen molar-refractivity contribution in [2.75, 3.05) is 26.7 Å². The SMILES string of the molecule is CN(CCC1CC1)C(=O)C1(C)CCCNC1. The van der Waals surface area contributed by atoms with E-state index in [4.69, 9.17) is 0 Å². The van der Waals surface area contributed by atoms with Crippen LogP contribution in [0.15, 0.2) is 0 Å². The second kappa shape index (κ2) is 4.74. The van der Waals surface area contributed by atoms with Gasteiger partial charge < -0.3 is 10.2 Å². The fourth-order valence-electron chi connectivity index (χ4n) is 2.58. The first-order valence-corrected chi connectivity index (χ1v) is 6.58. The lowest BCUT2D eigenvalue weighted by Crippen LogP contribution is -2.49. The van der Waals surface area contributed by atoms with Crippen molar-refractivity contribution in [2.45, 2.75) is 39.0 Å². The molecule has 1 atom stereocenters. The molecule has 2 rings (SSSR count). The summed E-state index contributed by atoms with van der Waals surface area (Å²) < 4.78 is 0. The van der Waals surface area contributed by atoms with Gasteiger partial charge in [0.05, 0.1) is 5.41 Å². The molecule has 92 valence electrons. The van der Waals surface area contributed by atoms with Crippen molar-refractivity contribution in [1.29, 1.82) is 0 Å². The monoisotopic (exact) mass is 224 g/mol. The number of amides is 1. The van der Waals surface area contributed by atoms with Gasteiger partial charge in [0.25, 0.3) is 0 Å². The van der Waals surface area contributed by atoms with Crippen molar-refractivity contribution in [1.82, 2.24) is 10.2 Å². The van der Waals surface area contributed by atoms with Gasteiger partial charge in [-0.25, -0.2) is 0 Å². The van der Waals surface area contributed by atoms with Gasteiger partial charge in [0.15, 0.2) is 0 Å². The van der Waals surface area contributed by atoms with Gasteiger partial charge in [0.2, 0.25) is 5.91 Å². The van der Waals surface area contributed by atoms with Crippen molar-refractivity contribution < 1.29 is 4.79 Å². The third-order valence-electron chi connectivity index (χ3n) is 4.03. The largest absolute Gasteiger partial charge is 0.345 e. The molecule has 1 aliphatic carbocycles. The second-order valence-corrected chi connectivity index (χ2v) is 5.80. The minimum absolute atomic E-state index is 0.156. The van der Waals surface area contributed by atoms with Crippen LogP contribution in [-0.4, -0.2) is 37.5 Å². The van der Waals surface area contributed by atoms with Gasteiger partial charge in [0.1, 0.15) is 0 Å². The Kier molecular flexibility index (Phi) is 3.53. The Hall–Kier alpha value is -0.570. The minimum atomic E-state index is -0.156. The molecular formula is C13H24N2O. The molecule has 1 N–H and O–H groups in total. The highest BCUT2D eigenvalue weighted by molar-refractivity contribution is 5.82. The number of nitrogens with one attached hydrogen (secondary N) is 1. The van der Waals surface area contributed by atoms with Gasteiger partial charge in [-0.2, -0.15) is 0 Å². The topological polar surface area (TPSA) is 32.3 Å². The van der Waals surface area contributed by atoms with E-state index in [1.54, 1.807) is 0 Å². The van der Waals surface area contributed by atoms with E-state index in [-0.39, 0.29) is 5.41 Å². The third-order valence-corrected chi connectivity index (χ3v) is 4.03. The standard InChI is InChI=1S/C13H24N2O/c1-13(7-3-8-14-10-13)12(16)15(2)9-6-11-4-5-11/h11,14H,3-10H2,1-2H3. The fraction of sp³-hybridized carbons (Fsp3) is 0.923. The Balaban J connectivity index is 1.83. The van der Waals surface area contributed by atoms with Crippen LogP contribution in [0, 0.1) is 11.3 Å². The number of carbonyl (C=O) groups is 1. The molecule has 1 heterocycles. The van der Waals surface area contributed by atoms with Gasteiger partial charge in [-0.05, 0) is 38.6 Å². The summed E-state index contributed by atoms with van der Waals surface area (Å²) in [6.07, 6.45) is 6.11. The maximum Gasteiger partial charge on any atom is 0.229 e. The summed E-state index contributed by atoms with van der Waals surface area (Å²) in [7, 11) is 1.96. The van der Waals surface area contributed by atoms with Crippen LogP contribution in [0.25, 0.3) is 0 Å². The smallest absolute Gasteiger partial charge is 0.229 e. The summed E-state index contributed by atoms with van der Waals surface area (Å²) in [5.74, 6) is 1.24. The van der Waals surface area contributed by atoms with E-state index in [1.807, 2.05) is 11.9 Å². The van der Waals surface area contributed by atoms with E-state index in [2.05, 4.69) is 12.2 Å². The molecule has 0 aromatic carbocycles. The Morgan fingerprint density at radius 1 is 1.50 bits per heavy atom. The van der Waals surface area contributed by atoms with Crippen molar-refractivity contribution in [3.05, 3.63) is 0 Å². The first-order chi connectivity index (χ1) is 7.62. The maximum absolute atomic E-state index is 12.3. The molecule has 16 heavy (non-hydrogen) atoms. The Labute approximate surface area is 98.6 Å². The number of nitrogens with zero attached hydrogens (tertiary/aromatic N) is 1. The number of piperidine rings is 1. The van der Waals surface area contributed by atoms with Crippen molar-refractivity contribution in [3.63, 3.8) is 0 Å². The van der Waals surface area contributed by atoms with Gasteiger partial charge in [0, 0.05) is 20.1 Å². The van der Waals surface area contributed by atoms with Crippen LogP contribution >= 0.6 is 0 Å². The van der Waals surface area contributed by atoms with E-state index in [0.717, 1.165) is 38.4 Å². The molecule has 3 heteroatoms. The number of hydrogen-bond acceptors (Lipinski definition) is 2. The van der Waals surface area contributed by atoms with Crippen LogP contribution in [0.1, 0.15) is 39.0 Å². The third kappa shape index (κ3) is 2.76. The highest BCUT2D eigenvalue weighted by atomic mass is 16.2. The molecule has 0 aromatic rings. The maximum atomic E-state index is 12.3. The van der Waals surface area contributed by atoms with Crippen LogP contribution in [-0.2, 0) is 4.79 Å². The molecule has 0 radical (unpaired) electrons. The average Bonchev–Trinajstić information content (AvgIpc) is 3.09. The molecule has 1 saturated heterocycles. The van der Waals surface area contributed by atoms with E-state index >= 15 is 0 Å². The average molecular weight is 224 g/mol. The first-order valence-electron chi connectivity index (χ1n) is 6.58. The molecule has 1 aliphatic heterocycles. The molecule has 0 aromatic heterocycles. The highest BCUT2D eigenvalue weighted by Crippen LogP contribution is 2.33. The zero-order valence-corrected chi connectivity index (χ0v) is 10.6. The lowest BCUT2D eigenvalue weighted by molar-refractivity contribution is -0.140. The number of carbonyl (C=O) groups excluding carboxylic acids is 1. The summed E-state index contributed by atoms with van der Waals surface area (Å²) in [4.78, 5) is 14.3. The quantitative estimate of drug-likeness (QED) is 0.787. The lowest BCUT2D eigenvalue weighted by atomic mass is 9.81. The molecule has 0 spiro atoms. The molecular weight excluding hydrogens is 200 g/mol. The first kappa shape index (κ1) is 11.9. The molecule has 2 fully saturated rings. The van der Waals surface area contributed by atoms with E-state index in [9.17, 15) is 4.79 Å². The van der Waals surface area contributed by atoms with Crippen molar-refractivity contribution in [2.24, 2.45) is 11.3 Å². The predicted molar refractivity (Wildman–Crippen MR) is 65.2 cm³/mol. The van der Waals surface area contributed by atoms with Crippen molar-refractivity contribution in [3.8, 4) is 0 Å². The van der Waals surface area contributed by atoms with Crippen LogP contribution in [0.5, 0.6) is 0 Å². The molecule has 1 unspecified atom stereocenters. The minimum Gasteiger partial charge on any atom is -0.345 e. The van der Waals surface area contributed by atoms with E-state index < -0.39 is 0 Å². The summed E-state index contributed by atoms with van der Waals surface area (Å²) in [6, 6.07) is 0. The van der Waals surface area contributed by atoms with E-state index in [0.29, 0.717) is 5.91 Å². The lowest BCUT2D eigenvalue weighted by Gasteiger charge is -2.36. The Morgan fingerprint density at radius 2 is 2.25 bits per heavy atom. The van der Waals surface area contributed by atoms with Crippen LogP contribution in [0.2, 0.25) is 0 Å². The molecule has 1 amide bonds. The van der Waals surface area contributed by atoms with Gasteiger partial charge >= 0.3 is 0 Å². The predicted octanol–water partition coefficient (Wildman–Crippen LogP) is 1.63. The summed E-state index contributed by atoms with van der Waals surface area (Å²) in [6.45, 7) is 4.96.